The van der Waals surface area contributed by atoms with Crippen molar-refractivity contribution in [1.29, 1.82) is 0 Å². The van der Waals surface area contributed by atoms with Crippen molar-refractivity contribution in [2.75, 3.05) is 4.90 Å². The highest BCUT2D eigenvalue weighted by atomic mass is 16.3. The van der Waals surface area contributed by atoms with Gasteiger partial charge in [-0.1, -0.05) is 140 Å². The summed E-state index contributed by atoms with van der Waals surface area (Å²) in [6.45, 7) is 0. The van der Waals surface area contributed by atoms with Crippen LogP contribution >= 0.6 is 0 Å². The molecule has 0 aliphatic rings. The summed E-state index contributed by atoms with van der Waals surface area (Å²) in [6.07, 6.45) is 0. The number of hydrogen-bond donors (Lipinski definition) is 0. The number of anilines is 3. The quantitative estimate of drug-likeness (QED) is 0.166. The van der Waals surface area contributed by atoms with Gasteiger partial charge in [-0.05, 0) is 128 Å². The molecule has 10 rings (SSSR count). The van der Waals surface area contributed by atoms with Gasteiger partial charge in [0.2, 0.25) is 0 Å². The van der Waals surface area contributed by atoms with Crippen molar-refractivity contribution in [3.63, 3.8) is 0 Å². The van der Waals surface area contributed by atoms with E-state index in [2.05, 4.69) is 205 Å². The minimum atomic E-state index is 0.906. The molecule has 1 aromatic heterocycles. The summed E-state index contributed by atoms with van der Waals surface area (Å²) in [4.78, 5) is 2.31. The summed E-state index contributed by atoms with van der Waals surface area (Å²) in [5, 5.41) is 4.80. The lowest BCUT2D eigenvalue weighted by Crippen LogP contribution is -2.09. The van der Waals surface area contributed by atoms with E-state index in [1.807, 2.05) is 12.1 Å². The molecule has 0 spiro atoms. The molecular formula is C52H35NO. The third-order valence-corrected chi connectivity index (χ3v) is 10.5. The maximum atomic E-state index is 6.19. The first kappa shape index (κ1) is 31.6. The number of fused-ring (bicyclic) bond motifs is 4. The highest BCUT2D eigenvalue weighted by molar-refractivity contribution is 6.06. The highest BCUT2D eigenvalue weighted by Gasteiger charge is 2.14. The van der Waals surface area contributed by atoms with Crippen molar-refractivity contribution in [3.05, 3.63) is 212 Å². The first-order chi connectivity index (χ1) is 26.7. The third-order valence-electron chi connectivity index (χ3n) is 10.5. The molecule has 0 amide bonds. The van der Waals surface area contributed by atoms with E-state index < -0.39 is 0 Å². The van der Waals surface area contributed by atoms with Crippen molar-refractivity contribution in [2.24, 2.45) is 0 Å². The molecule has 9 aromatic carbocycles. The number of hydrogen-bond acceptors (Lipinski definition) is 2. The first-order valence-corrected chi connectivity index (χ1v) is 18.4. The monoisotopic (exact) mass is 689 g/mol. The summed E-state index contributed by atoms with van der Waals surface area (Å²) in [5.41, 5.74) is 14.6. The highest BCUT2D eigenvalue weighted by Crippen LogP contribution is 2.38. The van der Waals surface area contributed by atoms with Crippen LogP contribution in [0.25, 0.3) is 77.2 Å². The minimum Gasteiger partial charge on any atom is -0.456 e. The van der Waals surface area contributed by atoms with Crippen LogP contribution in [0.5, 0.6) is 0 Å². The Hall–Kier alpha value is -7.16. The van der Waals surface area contributed by atoms with Crippen LogP contribution in [0.4, 0.5) is 17.1 Å². The van der Waals surface area contributed by atoms with E-state index in [-0.39, 0.29) is 0 Å². The van der Waals surface area contributed by atoms with Gasteiger partial charge in [0, 0.05) is 27.8 Å². The van der Waals surface area contributed by atoms with Crippen LogP contribution in [-0.4, -0.2) is 0 Å². The van der Waals surface area contributed by atoms with Gasteiger partial charge in [0.25, 0.3) is 0 Å². The molecule has 0 aliphatic heterocycles. The molecule has 0 atom stereocenters. The van der Waals surface area contributed by atoms with E-state index in [1.165, 1.54) is 44.2 Å². The molecule has 0 unspecified atom stereocenters. The zero-order valence-corrected chi connectivity index (χ0v) is 29.6. The van der Waals surface area contributed by atoms with Gasteiger partial charge in [-0.3, -0.25) is 0 Å². The van der Waals surface area contributed by atoms with E-state index in [1.54, 1.807) is 0 Å². The molecular weight excluding hydrogens is 655 g/mol. The van der Waals surface area contributed by atoms with E-state index in [0.717, 1.165) is 50.1 Å². The van der Waals surface area contributed by atoms with Crippen molar-refractivity contribution in [1.82, 2.24) is 0 Å². The molecule has 2 nitrogen and oxygen atoms in total. The molecule has 0 N–H and O–H groups in total. The predicted octanol–water partition coefficient (Wildman–Crippen LogP) is 14.9. The van der Waals surface area contributed by atoms with Gasteiger partial charge in [0.1, 0.15) is 11.2 Å². The molecule has 0 aliphatic carbocycles. The Morgan fingerprint density at radius 3 is 1.39 bits per heavy atom. The van der Waals surface area contributed by atoms with Gasteiger partial charge in [0.05, 0.1) is 0 Å². The van der Waals surface area contributed by atoms with Crippen LogP contribution in [0.3, 0.4) is 0 Å². The number of nitrogens with zero attached hydrogens (tertiary/aromatic N) is 1. The molecule has 254 valence electrons. The molecule has 54 heavy (non-hydrogen) atoms. The fraction of sp³-hybridized carbons (Fsp3) is 0. The van der Waals surface area contributed by atoms with E-state index in [4.69, 9.17) is 4.42 Å². The minimum absolute atomic E-state index is 0.906. The van der Waals surface area contributed by atoms with Gasteiger partial charge in [-0.15, -0.1) is 0 Å². The molecule has 0 bridgehead atoms. The molecule has 2 heteroatoms. The van der Waals surface area contributed by atoms with Crippen molar-refractivity contribution >= 4 is 49.8 Å². The topological polar surface area (TPSA) is 16.4 Å². The fourth-order valence-corrected chi connectivity index (χ4v) is 7.66. The van der Waals surface area contributed by atoms with Gasteiger partial charge in [-0.2, -0.15) is 0 Å². The Kier molecular flexibility index (Phi) is 7.85. The average Bonchev–Trinajstić information content (AvgIpc) is 3.63. The van der Waals surface area contributed by atoms with E-state index in [0.29, 0.717) is 0 Å². The Morgan fingerprint density at radius 2 is 0.722 bits per heavy atom. The number of rotatable bonds is 7. The summed E-state index contributed by atoms with van der Waals surface area (Å²) in [6, 6.07) is 75.9. The van der Waals surface area contributed by atoms with Gasteiger partial charge >= 0.3 is 0 Å². The lowest BCUT2D eigenvalue weighted by molar-refractivity contribution is 0.669. The Morgan fingerprint density at radius 1 is 0.259 bits per heavy atom. The van der Waals surface area contributed by atoms with Gasteiger partial charge < -0.3 is 9.32 Å². The summed E-state index contributed by atoms with van der Waals surface area (Å²) in [7, 11) is 0. The molecule has 0 saturated carbocycles. The van der Waals surface area contributed by atoms with Gasteiger partial charge in [0.15, 0.2) is 0 Å². The van der Waals surface area contributed by atoms with Crippen LogP contribution in [0, 0.1) is 0 Å². The van der Waals surface area contributed by atoms with Crippen LogP contribution in [0.2, 0.25) is 0 Å². The van der Waals surface area contributed by atoms with Crippen molar-refractivity contribution in [2.45, 2.75) is 0 Å². The molecule has 0 saturated heterocycles. The second-order valence-electron chi connectivity index (χ2n) is 13.8. The molecule has 1 heterocycles. The van der Waals surface area contributed by atoms with E-state index in [9.17, 15) is 0 Å². The number of furan rings is 1. The molecule has 0 radical (unpaired) electrons. The van der Waals surface area contributed by atoms with Crippen molar-refractivity contribution < 1.29 is 4.42 Å². The Labute approximate surface area is 314 Å². The van der Waals surface area contributed by atoms with Gasteiger partial charge in [-0.25, -0.2) is 0 Å². The van der Waals surface area contributed by atoms with Crippen molar-refractivity contribution in [3.8, 4) is 44.5 Å². The number of para-hydroxylation sites is 2. The summed E-state index contributed by atoms with van der Waals surface area (Å²) < 4.78 is 6.19. The average molecular weight is 690 g/mol. The fourth-order valence-electron chi connectivity index (χ4n) is 7.66. The van der Waals surface area contributed by atoms with Crippen LogP contribution in [0.1, 0.15) is 0 Å². The smallest absolute Gasteiger partial charge is 0.136 e. The summed E-state index contributed by atoms with van der Waals surface area (Å²) >= 11 is 0. The van der Waals surface area contributed by atoms with Crippen LogP contribution in [-0.2, 0) is 0 Å². The number of benzene rings is 9. The standard InChI is InChI=1S/C52H35NO/c1-2-16-46(17-3-1)53(48-29-24-38(25-30-48)45-26-31-50-49-18-6-7-19-51(49)54-52(50)35-45)47-27-22-37(23-28-47)40-12-8-13-41(32-40)42-14-9-15-43(34-42)44-21-20-36-10-4-5-11-39(36)33-44/h1-35H. The lowest BCUT2D eigenvalue weighted by atomic mass is 9.95. The van der Waals surface area contributed by atoms with Crippen LogP contribution in [0.15, 0.2) is 217 Å². The maximum Gasteiger partial charge on any atom is 0.136 e. The SMILES string of the molecule is c1ccc(N(c2ccc(-c3cccc(-c4cccc(-c5ccc6ccccc6c5)c4)c3)cc2)c2ccc(-c3ccc4c(c3)oc3ccccc34)cc2)cc1. The zero-order valence-electron chi connectivity index (χ0n) is 29.6. The first-order valence-electron chi connectivity index (χ1n) is 18.4. The Bertz CT molecular complexity index is 2920. The summed E-state index contributed by atoms with van der Waals surface area (Å²) in [5.74, 6) is 0. The third kappa shape index (κ3) is 5.90. The lowest BCUT2D eigenvalue weighted by Gasteiger charge is -2.26. The maximum absolute atomic E-state index is 6.19. The van der Waals surface area contributed by atoms with E-state index >= 15 is 0 Å². The zero-order chi connectivity index (χ0) is 35.8. The Balaban J connectivity index is 0.940. The largest absolute Gasteiger partial charge is 0.456 e. The second kappa shape index (κ2) is 13.4. The normalized spacial score (nSPS) is 11.3. The van der Waals surface area contributed by atoms with Crippen LogP contribution < -0.4 is 4.90 Å². The second-order valence-corrected chi connectivity index (χ2v) is 13.8. The molecule has 0 fully saturated rings. The molecule has 10 aromatic rings. The predicted molar refractivity (Wildman–Crippen MR) is 228 cm³/mol.